The van der Waals surface area contributed by atoms with Crippen LogP contribution >= 0.6 is 11.6 Å². The Morgan fingerprint density at radius 3 is 2.49 bits per heavy atom. The van der Waals surface area contributed by atoms with E-state index in [0.717, 1.165) is 12.8 Å². The second-order valence-corrected chi connectivity index (χ2v) is 12.5. The molecule has 2 aliphatic rings. The number of piperidine rings is 1. The van der Waals surface area contributed by atoms with Crippen LogP contribution in [-0.4, -0.2) is 64.2 Å². The highest BCUT2D eigenvalue weighted by Gasteiger charge is 2.46. The zero-order valence-corrected chi connectivity index (χ0v) is 26.7. The van der Waals surface area contributed by atoms with E-state index in [1.165, 1.54) is 16.8 Å². The Morgan fingerprint density at radius 1 is 1.11 bits per heavy atom. The lowest BCUT2D eigenvalue weighted by Gasteiger charge is -2.39. The van der Waals surface area contributed by atoms with Crippen LogP contribution in [-0.2, 0) is 9.53 Å². The van der Waals surface area contributed by atoms with Crippen LogP contribution in [0.4, 0.5) is 24.9 Å². The van der Waals surface area contributed by atoms with Crippen molar-refractivity contribution in [1.29, 1.82) is 0 Å². The lowest BCUT2D eigenvalue weighted by molar-refractivity contribution is -0.198. The largest absolute Gasteiger partial charge is 0.465 e. The summed E-state index contributed by atoms with van der Waals surface area (Å²) >= 11 is 6.05. The van der Waals surface area contributed by atoms with Gasteiger partial charge < -0.3 is 25.4 Å². The van der Waals surface area contributed by atoms with Gasteiger partial charge in [0.1, 0.15) is 11.9 Å². The Morgan fingerprint density at radius 2 is 1.83 bits per heavy atom. The van der Waals surface area contributed by atoms with E-state index in [0.29, 0.717) is 60.3 Å². The van der Waals surface area contributed by atoms with Crippen LogP contribution in [0.5, 0.6) is 5.88 Å². The lowest BCUT2D eigenvalue weighted by Crippen LogP contribution is -2.41. The number of halogens is 4. The van der Waals surface area contributed by atoms with Crippen LogP contribution < -0.4 is 20.7 Å². The van der Waals surface area contributed by atoms with Crippen molar-refractivity contribution in [2.24, 2.45) is 5.41 Å². The number of rotatable bonds is 8. The minimum atomic E-state index is -4.84. The number of nitrogens with zero attached hydrogens (tertiary/aromatic N) is 5. The summed E-state index contributed by atoms with van der Waals surface area (Å²) in [4.78, 5) is 22.6. The maximum Gasteiger partial charge on any atom is 0.429 e. The fourth-order valence-corrected chi connectivity index (χ4v) is 6.47. The molecule has 2 atom stereocenters. The molecule has 0 aliphatic carbocycles. The Labute approximate surface area is 275 Å². The molecule has 2 aromatic carbocycles. The van der Waals surface area contributed by atoms with Gasteiger partial charge in [-0.1, -0.05) is 29.8 Å². The topological polar surface area (TPSA) is 120 Å². The van der Waals surface area contributed by atoms with E-state index in [4.69, 9.17) is 26.8 Å². The van der Waals surface area contributed by atoms with Gasteiger partial charge in [-0.2, -0.15) is 28.2 Å². The van der Waals surface area contributed by atoms with E-state index in [2.05, 4.69) is 20.4 Å². The molecule has 10 nitrogen and oxygen atoms in total. The third-order valence-corrected chi connectivity index (χ3v) is 9.03. The molecule has 2 saturated heterocycles. The van der Waals surface area contributed by atoms with Crippen molar-refractivity contribution in [2.45, 2.75) is 51.4 Å². The zero-order chi connectivity index (χ0) is 33.3. The van der Waals surface area contributed by atoms with Crippen molar-refractivity contribution in [2.75, 3.05) is 36.9 Å². The second-order valence-electron chi connectivity index (χ2n) is 12.0. The number of aryl methyl sites for hydroxylation is 1. The number of ether oxygens (including phenoxy) is 2. The molecule has 2 fully saturated rings. The molecule has 4 aromatic rings. The molecule has 248 valence electrons. The van der Waals surface area contributed by atoms with E-state index < -0.39 is 12.3 Å². The van der Waals surface area contributed by atoms with Crippen molar-refractivity contribution in [1.82, 2.24) is 25.1 Å². The van der Waals surface area contributed by atoms with Gasteiger partial charge in [0.25, 0.3) is 0 Å². The number of benzene rings is 2. The predicted octanol–water partition coefficient (Wildman–Crippen LogP) is 6.07. The number of carbonyl (C=O) groups excluding carboxylic acids is 1. The molecular weight excluding hydrogens is 635 g/mol. The Hall–Kier alpha value is -4.36. The first-order valence-corrected chi connectivity index (χ1v) is 15.8. The Bertz CT molecular complexity index is 1740. The number of hydrogen-bond donors (Lipinski definition) is 2. The summed E-state index contributed by atoms with van der Waals surface area (Å²) in [6.45, 7) is 5.69. The van der Waals surface area contributed by atoms with E-state index in [1.807, 2.05) is 4.90 Å². The number of anilines is 2. The van der Waals surface area contributed by atoms with Crippen LogP contribution in [0.25, 0.3) is 16.8 Å². The molecule has 0 radical (unpaired) electrons. The fourth-order valence-electron chi connectivity index (χ4n) is 6.34. The van der Waals surface area contributed by atoms with E-state index in [9.17, 15) is 18.0 Å². The first-order chi connectivity index (χ1) is 22.4. The highest BCUT2D eigenvalue weighted by Crippen LogP contribution is 2.43. The number of esters is 1. The molecule has 0 bridgehead atoms. The number of alkyl halides is 3. The molecule has 14 heteroatoms. The van der Waals surface area contributed by atoms with Gasteiger partial charge in [0.15, 0.2) is 0 Å². The minimum absolute atomic E-state index is 0.0798. The summed E-state index contributed by atoms with van der Waals surface area (Å²) in [5.74, 6) is -0.393. The summed E-state index contributed by atoms with van der Waals surface area (Å²) in [6.07, 6.45) is -3.47. The summed E-state index contributed by atoms with van der Waals surface area (Å²) in [5, 5.41) is 8.16. The van der Waals surface area contributed by atoms with E-state index >= 15 is 0 Å². The van der Waals surface area contributed by atoms with Gasteiger partial charge in [-0.25, -0.2) is 4.68 Å². The monoisotopic (exact) mass is 669 g/mol. The highest BCUT2D eigenvalue weighted by atomic mass is 35.5. The van der Waals surface area contributed by atoms with Crippen LogP contribution in [0.15, 0.2) is 60.8 Å². The molecule has 4 heterocycles. The highest BCUT2D eigenvalue weighted by molar-refractivity contribution is 6.30. The molecule has 6 rings (SSSR count). The number of carbonyl (C=O) groups is 1. The van der Waals surface area contributed by atoms with Crippen molar-refractivity contribution in [3.63, 3.8) is 0 Å². The number of aromatic nitrogens is 4. The van der Waals surface area contributed by atoms with Gasteiger partial charge in [-0.15, -0.1) is 0 Å². The standard InChI is InChI=1S/C33H35ClF3N7O3/c1-3-46-30(45)25-18-32(19-39-25)11-14-43(15-12-32)27-17-28(41-31(38)40-27)47-29(33(35,36)37)24-16-22(21-4-7-23(34)8-5-21)6-9-26(24)44-13-10-20(2)42-44/h4-10,13,16-17,25,29,39H,3,11-12,14-15,18-19H2,1-2H3,(H2,38,40,41)/t25-,29+/m0/s1. The van der Waals surface area contributed by atoms with E-state index in [1.54, 1.807) is 62.5 Å². The molecule has 3 N–H and O–H groups in total. The average Bonchev–Trinajstić information content (AvgIpc) is 3.66. The summed E-state index contributed by atoms with van der Waals surface area (Å²) < 4.78 is 57.1. The van der Waals surface area contributed by atoms with Gasteiger partial charge in [0.2, 0.25) is 17.9 Å². The Balaban J connectivity index is 1.28. The number of nitrogens with one attached hydrogen (secondary N) is 1. The van der Waals surface area contributed by atoms with Crippen LogP contribution in [0, 0.1) is 12.3 Å². The third kappa shape index (κ3) is 7.15. The molecule has 2 aromatic heterocycles. The van der Waals surface area contributed by atoms with Crippen molar-refractivity contribution in [3.8, 4) is 22.7 Å². The SMILES string of the molecule is CCOC(=O)[C@@H]1CC2(CCN(c3cc(O[C@H](c4cc(-c5ccc(Cl)cc5)ccc4-n4ccc(C)n4)C(F)(F)F)nc(N)n3)CC2)CN1. The van der Waals surface area contributed by atoms with Crippen LogP contribution in [0.2, 0.25) is 5.02 Å². The maximum absolute atomic E-state index is 14.9. The van der Waals surface area contributed by atoms with E-state index in [-0.39, 0.29) is 40.5 Å². The van der Waals surface area contributed by atoms with Gasteiger partial charge in [-0.3, -0.25) is 4.79 Å². The van der Waals surface area contributed by atoms with Gasteiger partial charge >= 0.3 is 12.1 Å². The summed E-state index contributed by atoms with van der Waals surface area (Å²) in [7, 11) is 0. The number of nitrogens with two attached hydrogens (primary N) is 1. The maximum atomic E-state index is 14.9. The molecule has 0 unspecified atom stereocenters. The second kappa shape index (κ2) is 13.0. The molecule has 0 amide bonds. The summed E-state index contributed by atoms with van der Waals surface area (Å²) in [5.41, 5.74) is 7.86. The third-order valence-electron chi connectivity index (χ3n) is 8.78. The lowest BCUT2D eigenvalue weighted by atomic mass is 9.76. The van der Waals surface area contributed by atoms with Gasteiger partial charge in [0, 0.05) is 42.5 Å². The molecular formula is C33H35ClF3N7O3. The number of hydrogen-bond acceptors (Lipinski definition) is 9. The molecule has 2 aliphatic heterocycles. The summed E-state index contributed by atoms with van der Waals surface area (Å²) in [6, 6.07) is 14.3. The molecule has 1 spiro atoms. The van der Waals surface area contributed by atoms with Crippen LogP contribution in [0.1, 0.15) is 43.5 Å². The van der Waals surface area contributed by atoms with Crippen molar-refractivity contribution < 1.29 is 27.4 Å². The average molecular weight is 670 g/mol. The van der Waals surface area contributed by atoms with Crippen LogP contribution in [0.3, 0.4) is 0 Å². The minimum Gasteiger partial charge on any atom is -0.465 e. The van der Waals surface area contributed by atoms with Gasteiger partial charge in [-0.05, 0) is 80.0 Å². The quantitative estimate of drug-likeness (QED) is 0.216. The molecule has 0 saturated carbocycles. The Kier molecular flexibility index (Phi) is 9.03. The van der Waals surface area contributed by atoms with Crippen molar-refractivity contribution in [3.05, 3.63) is 77.1 Å². The zero-order valence-electron chi connectivity index (χ0n) is 25.9. The smallest absolute Gasteiger partial charge is 0.429 e. The fraction of sp³-hybridized carbons (Fsp3) is 0.394. The first-order valence-electron chi connectivity index (χ1n) is 15.4. The normalized spacial score (nSPS) is 18.3. The molecule has 47 heavy (non-hydrogen) atoms. The first kappa shape index (κ1) is 32.6. The van der Waals surface area contributed by atoms with Crippen molar-refractivity contribution >= 4 is 29.3 Å². The van der Waals surface area contributed by atoms with Gasteiger partial charge in [0.05, 0.1) is 18.0 Å². The number of nitrogen functional groups attached to an aromatic ring is 1. The predicted molar refractivity (Wildman–Crippen MR) is 172 cm³/mol.